The molecule has 8 nitrogen and oxygen atoms in total. The molecule has 0 aliphatic carbocycles. The van der Waals surface area contributed by atoms with E-state index in [1.807, 2.05) is 0 Å². The minimum atomic E-state index is -2.67. The molecule has 21 heavy (non-hydrogen) atoms. The topological polar surface area (TPSA) is 116 Å². The summed E-state index contributed by atoms with van der Waals surface area (Å²) in [6, 6.07) is 0. The summed E-state index contributed by atoms with van der Waals surface area (Å²) in [5.74, 6) is -5.95. The van der Waals surface area contributed by atoms with Crippen LogP contribution in [-0.4, -0.2) is 55.7 Å². The molecule has 0 rings (SSSR count). The quantitative estimate of drug-likeness (QED) is 0.366. The molecule has 2 unspecified atom stereocenters. The fraction of sp³-hybridized carbons (Fsp3) is 0.692. The molecule has 120 valence electrons. The van der Waals surface area contributed by atoms with Crippen LogP contribution in [0.2, 0.25) is 0 Å². The summed E-state index contributed by atoms with van der Waals surface area (Å²) in [5, 5.41) is 10.4. The van der Waals surface area contributed by atoms with Crippen molar-refractivity contribution in [3.8, 4) is 0 Å². The van der Waals surface area contributed by atoms with Crippen molar-refractivity contribution in [1.29, 1.82) is 0 Å². The number of esters is 3. The van der Waals surface area contributed by atoms with E-state index in [2.05, 4.69) is 14.2 Å². The maximum atomic E-state index is 12.1. The second-order valence-electron chi connectivity index (χ2n) is 4.34. The number of hydrogen-bond donors (Lipinski definition) is 1. The maximum absolute atomic E-state index is 12.1. The number of hydrogen-bond acceptors (Lipinski definition) is 8. The third kappa shape index (κ3) is 4.52. The number of carbonyl (C=O) groups is 4. The highest BCUT2D eigenvalue weighted by atomic mass is 16.6. The zero-order valence-electron chi connectivity index (χ0n) is 12.5. The van der Waals surface area contributed by atoms with E-state index in [1.54, 1.807) is 6.92 Å². The van der Waals surface area contributed by atoms with Gasteiger partial charge < -0.3 is 19.3 Å². The third-order valence-electron chi connectivity index (χ3n) is 2.91. The summed E-state index contributed by atoms with van der Waals surface area (Å²) < 4.78 is 13.2. The second-order valence-corrected chi connectivity index (χ2v) is 4.34. The summed E-state index contributed by atoms with van der Waals surface area (Å²) in [6.07, 6.45) is -0.576. The predicted octanol–water partition coefficient (Wildman–Crippen LogP) is -0.388. The van der Waals surface area contributed by atoms with Crippen molar-refractivity contribution in [2.24, 2.45) is 5.92 Å². The minimum absolute atomic E-state index is 0.0692. The average molecular weight is 304 g/mol. The first kappa shape index (κ1) is 19.0. The minimum Gasteiger partial charge on any atom is -0.469 e. The Morgan fingerprint density at radius 3 is 2.00 bits per heavy atom. The van der Waals surface area contributed by atoms with E-state index in [1.165, 1.54) is 0 Å². The summed E-state index contributed by atoms with van der Waals surface area (Å²) in [6.45, 7) is 1.68. The number of carbonyl (C=O) groups excluding carboxylic acids is 4. The van der Waals surface area contributed by atoms with Gasteiger partial charge in [0, 0.05) is 6.42 Å². The Balaban J connectivity index is 5.77. The lowest BCUT2D eigenvalue weighted by molar-refractivity contribution is -0.184. The van der Waals surface area contributed by atoms with E-state index in [-0.39, 0.29) is 6.42 Å². The van der Waals surface area contributed by atoms with E-state index in [0.717, 1.165) is 21.3 Å². The van der Waals surface area contributed by atoms with Gasteiger partial charge in [-0.1, -0.05) is 6.92 Å². The molecule has 0 radical (unpaired) electrons. The summed E-state index contributed by atoms with van der Waals surface area (Å²) in [5.41, 5.74) is -2.67. The molecule has 0 aromatic heterocycles. The van der Waals surface area contributed by atoms with Gasteiger partial charge in [0.15, 0.2) is 17.3 Å². The standard InChI is InChI=1S/C13H20O8/c1-5-6-8(14)10(11(16)20-3)13(18,12(17)21-4)7-9(15)19-2/h10,18H,5-7H2,1-4H3. The number of Topliss-reactive ketones (excluding diaryl/α,β-unsaturated/α-hetero) is 1. The Kier molecular flexibility index (Phi) is 7.57. The van der Waals surface area contributed by atoms with Crippen LogP contribution in [0, 0.1) is 5.92 Å². The average Bonchev–Trinajstić information content (AvgIpc) is 2.46. The number of ether oxygens (including phenoxy) is 3. The molecule has 0 aliphatic heterocycles. The normalized spacial score (nSPS) is 14.5. The van der Waals surface area contributed by atoms with Crippen molar-refractivity contribution in [2.45, 2.75) is 31.8 Å². The fourth-order valence-corrected chi connectivity index (χ4v) is 1.86. The molecule has 0 spiro atoms. The molecule has 1 N–H and O–H groups in total. The second kappa shape index (κ2) is 8.35. The van der Waals surface area contributed by atoms with Crippen LogP contribution in [0.3, 0.4) is 0 Å². The third-order valence-corrected chi connectivity index (χ3v) is 2.91. The van der Waals surface area contributed by atoms with E-state index in [9.17, 15) is 24.3 Å². The zero-order chi connectivity index (χ0) is 16.6. The monoisotopic (exact) mass is 304 g/mol. The van der Waals surface area contributed by atoms with Gasteiger partial charge in [-0.3, -0.25) is 14.4 Å². The number of ketones is 1. The Morgan fingerprint density at radius 2 is 1.62 bits per heavy atom. The molecule has 0 saturated carbocycles. The van der Waals surface area contributed by atoms with Crippen LogP contribution in [0.15, 0.2) is 0 Å². The SMILES string of the molecule is CCCC(=O)C(C(=O)OC)C(O)(CC(=O)OC)C(=O)OC. The van der Waals surface area contributed by atoms with Gasteiger partial charge in [0.1, 0.15) is 0 Å². The van der Waals surface area contributed by atoms with E-state index >= 15 is 0 Å². The first-order chi connectivity index (χ1) is 9.78. The van der Waals surface area contributed by atoms with Crippen molar-refractivity contribution in [3.63, 3.8) is 0 Å². The fourth-order valence-electron chi connectivity index (χ4n) is 1.86. The highest BCUT2D eigenvalue weighted by Crippen LogP contribution is 2.28. The molecule has 0 aromatic rings. The van der Waals surface area contributed by atoms with Gasteiger partial charge in [-0.15, -0.1) is 0 Å². The largest absolute Gasteiger partial charge is 0.469 e. The maximum Gasteiger partial charge on any atom is 0.339 e. The van der Waals surface area contributed by atoms with Gasteiger partial charge >= 0.3 is 17.9 Å². The van der Waals surface area contributed by atoms with Crippen LogP contribution in [0.4, 0.5) is 0 Å². The molecule has 8 heteroatoms. The molecular formula is C13H20O8. The van der Waals surface area contributed by atoms with Gasteiger partial charge in [-0.2, -0.15) is 0 Å². The summed E-state index contributed by atoms with van der Waals surface area (Å²) >= 11 is 0. The Hall–Kier alpha value is -1.96. The van der Waals surface area contributed by atoms with Crippen LogP contribution < -0.4 is 0 Å². The predicted molar refractivity (Wildman–Crippen MR) is 69.0 cm³/mol. The van der Waals surface area contributed by atoms with Gasteiger partial charge in [0.05, 0.1) is 27.8 Å². The first-order valence-electron chi connectivity index (χ1n) is 6.26. The number of rotatable bonds is 8. The molecule has 0 fully saturated rings. The van der Waals surface area contributed by atoms with Gasteiger partial charge in [0.25, 0.3) is 0 Å². The Bertz CT molecular complexity index is 416. The van der Waals surface area contributed by atoms with Crippen LogP contribution in [0.1, 0.15) is 26.2 Å². The van der Waals surface area contributed by atoms with Gasteiger partial charge in [-0.25, -0.2) is 4.79 Å². The van der Waals surface area contributed by atoms with Crippen molar-refractivity contribution >= 4 is 23.7 Å². The lowest BCUT2D eigenvalue weighted by Crippen LogP contribution is -2.54. The molecule has 0 bridgehead atoms. The van der Waals surface area contributed by atoms with Crippen molar-refractivity contribution in [2.75, 3.05) is 21.3 Å². The molecule has 0 heterocycles. The van der Waals surface area contributed by atoms with Crippen molar-refractivity contribution in [3.05, 3.63) is 0 Å². The Labute approximate surface area is 122 Å². The molecular weight excluding hydrogens is 284 g/mol. The van der Waals surface area contributed by atoms with Gasteiger partial charge in [0.2, 0.25) is 0 Å². The molecule has 0 aliphatic rings. The van der Waals surface area contributed by atoms with Crippen molar-refractivity contribution in [1.82, 2.24) is 0 Å². The summed E-state index contributed by atoms with van der Waals surface area (Å²) in [7, 11) is 3.01. The van der Waals surface area contributed by atoms with Crippen molar-refractivity contribution < 1.29 is 38.5 Å². The molecule has 0 amide bonds. The first-order valence-corrected chi connectivity index (χ1v) is 6.26. The number of aliphatic hydroxyl groups is 1. The smallest absolute Gasteiger partial charge is 0.339 e. The van der Waals surface area contributed by atoms with Crippen LogP contribution in [0.25, 0.3) is 0 Å². The van der Waals surface area contributed by atoms with E-state index < -0.39 is 41.6 Å². The Morgan fingerprint density at radius 1 is 1.05 bits per heavy atom. The lowest BCUT2D eigenvalue weighted by atomic mass is 9.80. The highest BCUT2D eigenvalue weighted by Gasteiger charge is 2.54. The van der Waals surface area contributed by atoms with E-state index in [4.69, 9.17) is 0 Å². The lowest BCUT2D eigenvalue weighted by Gasteiger charge is -2.29. The van der Waals surface area contributed by atoms with Gasteiger partial charge in [-0.05, 0) is 6.42 Å². The number of methoxy groups -OCH3 is 3. The molecule has 0 saturated heterocycles. The summed E-state index contributed by atoms with van der Waals surface area (Å²) in [4.78, 5) is 47.1. The van der Waals surface area contributed by atoms with Crippen LogP contribution >= 0.6 is 0 Å². The highest BCUT2D eigenvalue weighted by molar-refractivity contribution is 6.06. The molecule has 0 aromatic carbocycles. The van der Waals surface area contributed by atoms with Crippen LogP contribution in [-0.2, 0) is 33.4 Å². The molecule has 2 atom stereocenters. The van der Waals surface area contributed by atoms with E-state index in [0.29, 0.717) is 6.42 Å². The zero-order valence-corrected chi connectivity index (χ0v) is 12.5. The van der Waals surface area contributed by atoms with Crippen LogP contribution in [0.5, 0.6) is 0 Å².